The molecule has 0 bridgehead atoms. The number of aromatic nitrogens is 3. The minimum atomic E-state index is -3.73. The lowest BCUT2D eigenvalue weighted by Gasteiger charge is -2.34. The molecule has 0 aliphatic carbocycles. The summed E-state index contributed by atoms with van der Waals surface area (Å²) in [6.07, 6.45) is 3.60. The Bertz CT molecular complexity index is 812. The zero-order chi connectivity index (χ0) is 18.7. The van der Waals surface area contributed by atoms with Gasteiger partial charge in [-0.3, -0.25) is 0 Å². The highest BCUT2D eigenvalue weighted by Crippen LogP contribution is 2.34. The molecular weight excluding hydrogens is 352 g/mol. The van der Waals surface area contributed by atoms with Gasteiger partial charge >= 0.3 is 0 Å². The Kier molecular flexibility index (Phi) is 5.89. The van der Waals surface area contributed by atoms with E-state index >= 15 is 0 Å². The first-order valence-electron chi connectivity index (χ1n) is 7.92. The van der Waals surface area contributed by atoms with Crippen molar-refractivity contribution in [2.75, 3.05) is 5.75 Å². The summed E-state index contributed by atoms with van der Waals surface area (Å²) in [5, 5.41) is 13.7. The summed E-state index contributed by atoms with van der Waals surface area (Å²) in [4.78, 5) is 3.75. The quantitative estimate of drug-likeness (QED) is 0.765. The molecule has 25 heavy (non-hydrogen) atoms. The second kappa shape index (κ2) is 7.57. The van der Waals surface area contributed by atoms with Gasteiger partial charge in [-0.25, -0.2) is 26.9 Å². The Morgan fingerprint density at radius 3 is 2.64 bits per heavy atom. The van der Waals surface area contributed by atoms with Crippen LogP contribution in [0, 0.1) is 11.6 Å². The minimum absolute atomic E-state index is 0.132. The number of unbranched alkanes of at least 4 members (excludes halogenated alkanes) is 1. The largest absolute Gasteiger partial charge is 0.382 e. The van der Waals surface area contributed by atoms with E-state index in [9.17, 15) is 22.3 Å². The first-order chi connectivity index (χ1) is 11.7. The standard InChI is InChI=1S/C16H21F2N3O3S/c1-3-4-7-25(23,24)12(2)16(22,9-21-11-19-10-20-21)14-6-5-13(17)8-15(14)18/h5-6,8,10-12,22H,3-4,7,9H2,1-2H3/t12-,16-/m1/s1. The van der Waals surface area contributed by atoms with Crippen LogP contribution >= 0.6 is 0 Å². The number of rotatable bonds is 8. The normalized spacial score (nSPS) is 15.7. The number of aliphatic hydroxyl groups is 1. The highest BCUT2D eigenvalue weighted by atomic mass is 32.2. The predicted molar refractivity (Wildman–Crippen MR) is 88.4 cm³/mol. The van der Waals surface area contributed by atoms with E-state index in [0.717, 1.165) is 12.1 Å². The molecule has 6 nitrogen and oxygen atoms in total. The van der Waals surface area contributed by atoms with E-state index in [1.165, 1.54) is 24.3 Å². The van der Waals surface area contributed by atoms with E-state index in [4.69, 9.17) is 0 Å². The molecule has 2 rings (SSSR count). The molecular formula is C16H21F2N3O3S. The summed E-state index contributed by atoms with van der Waals surface area (Å²) in [5.41, 5.74) is -2.42. The average Bonchev–Trinajstić information content (AvgIpc) is 3.04. The Morgan fingerprint density at radius 2 is 2.08 bits per heavy atom. The number of halogens is 2. The molecule has 138 valence electrons. The van der Waals surface area contributed by atoms with E-state index < -0.39 is 32.3 Å². The minimum Gasteiger partial charge on any atom is -0.382 e. The monoisotopic (exact) mass is 373 g/mol. The maximum Gasteiger partial charge on any atom is 0.156 e. The SMILES string of the molecule is CCCCS(=O)(=O)[C@H](C)[C@](O)(Cn1cncn1)c1ccc(F)cc1F. The highest BCUT2D eigenvalue weighted by molar-refractivity contribution is 7.92. The fraction of sp³-hybridized carbons (Fsp3) is 0.500. The van der Waals surface area contributed by atoms with Crippen LogP contribution in [0.25, 0.3) is 0 Å². The third-order valence-corrected chi connectivity index (χ3v) is 6.59. The van der Waals surface area contributed by atoms with Crippen molar-refractivity contribution in [2.24, 2.45) is 0 Å². The molecule has 0 aliphatic heterocycles. The van der Waals surface area contributed by atoms with Crippen molar-refractivity contribution in [2.45, 2.75) is 44.1 Å². The number of hydrogen-bond acceptors (Lipinski definition) is 5. The summed E-state index contributed by atoms with van der Waals surface area (Å²) in [5.74, 6) is -1.96. The van der Waals surface area contributed by atoms with E-state index in [1.807, 2.05) is 6.92 Å². The summed E-state index contributed by atoms with van der Waals surface area (Å²) in [7, 11) is -3.73. The number of benzene rings is 1. The lowest BCUT2D eigenvalue weighted by Crippen LogP contribution is -2.47. The molecule has 1 N–H and O–H groups in total. The first-order valence-corrected chi connectivity index (χ1v) is 9.64. The summed E-state index contributed by atoms with van der Waals surface area (Å²) < 4.78 is 54.0. The molecule has 0 saturated carbocycles. The van der Waals surface area contributed by atoms with Crippen LogP contribution in [0.3, 0.4) is 0 Å². The summed E-state index contributed by atoms with van der Waals surface area (Å²) >= 11 is 0. The number of hydrogen-bond donors (Lipinski definition) is 1. The van der Waals surface area contributed by atoms with Gasteiger partial charge in [0.25, 0.3) is 0 Å². The van der Waals surface area contributed by atoms with Crippen LogP contribution in [0.2, 0.25) is 0 Å². The molecule has 0 fully saturated rings. The van der Waals surface area contributed by atoms with Crippen LogP contribution in [0.1, 0.15) is 32.3 Å². The predicted octanol–water partition coefficient (Wildman–Crippen LogP) is 2.05. The Labute approximate surface area is 145 Å². The molecule has 2 atom stereocenters. The molecule has 0 spiro atoms. The molecule has 1 heterocycles. The second-order valence-electron chi connectivity index (χ2n) is 6.00. The molecule has 9 heteroatoms. The zero-order valence-corrected chi connectivity index (χ0v) is 14.9. The molecule has 0 saturated heterocycles. The van der Waals surface area contributed by atoms with Crippen molar-refractivity contribution in [1.29, 1.82) is 0 Å². The number of nitrogens with zero attached hydrogens (tertiary/aromatic N) is 3. The average molecular weight is 373 g/mol. The first kappa shape index (κ1) is 19.5. The van der Waals surface area contributed by atoms with Crippen molar-refractivity contribution in [3.63, 3.8) is 0 Å². The molecule has 1 aromatic heterocycles. The summed E-state index contributed by atoms with van der Waals surface area (Å²) in [6, 6.07) is 2.66. The van der Waals surface area contributed by atoms with Gasteiger partial charge in [0, 0.05) is 11.6 Å². The van der Waals surface area contributed by atoms with Crippen LogP contribution in [-0.4, -0.2) is 39.3 Å². The molecule has 0 aliphatic rings. The fourth-order valence-electron chi connectivity index (χ4n) is 2.65. The van der Waals surface area contributed by atoms with Crippen LogP contribution < -0.4 is 0 Å². The molecule has 2 aromatic rings. The van der Waals surface area contributed by atoms with Gasteiger partial charge in [-0.15, -0.1) is 0 Å². The maximum absolute atomic E-state index is 14.3. The van der Waals surface area contributed by atoms with E-state index in [-0.39, 0.29) is 17.9 Å². The third-order valence-electron chi connectivity index (χ3n) is 4.26. The van der Waals surface area contributed by atoms with Gasteiger partial charge in [0.2, 0.25) is 0 Å². The van der Waals surface area contributed by atoms with Crippen molar-refractivity contribution in [3.05, 3.63) is 48.1 Å². The van der Waals surface area contributed by atoms with E-state index in [0.29, 0.717) is 18.9 Å². The Morgan fingerprint density at radius 1 is 1.36 bits per heavy atom. The fourth-order valence-corrected chi connectivity index (χ4v) is 4.49. The molecule has 0 radical (unpaired) electrons. The Hall–Kier alpha value is -1.87. The van der Waals surface area contributed by atoms with Crippen LogP contribution in [0.4, 0.5) is 8.78 Å². The van der Waals surface area contributed by atoms with Gasteiger partial charge in [0.1, 0.15) is 29.9 Å². The van der Waals surface area contributed by atoms with Gasteiger partial charge in [0.05, 0.1) is 17.5 Å². The van der Waals surface area contributed by atoms with Crippen molar-refractivity contribution >= 4 is 9.84 Å². The lowest BCUT2D eigenvalue weighted by molar-refractivity contribution is 0.0110. The second-order valence-corrected chi connectivity index (χ2v) is 8.45. The van der Waals surface area contributed by atoms with E-state index in [1.54, 1.807) is 0 Å². The topological polar surface area (TPSA) is 85.1 Å². The molecule has 0 unspecified atom stereocenters. The van der Waals surface area contributed by atoms with Crippen LogP contribution in [-0.2, 0) is 22.0 Å². The van der Waals surface area contributed by atoms with Crippen LogP contribution in [0.15, 0.2) is 30.9 Å². The zero-order valence-electron chi connectivity index (χ0n) is 14.1. The smallest absolute Gasteiger partial charge is 0.156 e. The molecule has 1 aromatic carbocycles. The van der Waals surface area contributed by atoms with Gasteiger partial charge < -0.3 is 5.11 Å². The van der Waals surface area contributed by atoms with Gasteiger partial charge in [0.15, 0.2) is 9.84 Å². The van der Waals surface area contributed by atoms with Crippen molar-refractivity contribution < 1.29 is 22.3 Å². The summed E-state index contributed by atoms with van der Waals surface area (Å²) in [6.45, 7) is 2.84. The van der Waals surface area contributed by atoms with E-state index in [2.05, 4.69) is 10.1 Å². The van der Waals surface area contributed by atoms with Crippen molar-refractivity contribution in [1.82, 2.24) is 14.8 Å². The van der Waals surface area contributed by atoms with Gasteiger partial charge in [-0.05, 0) is 19.4 Å². The third kappa shape index (κ3) is 4.21. The maximum atomic E-state index is 14.3. The van der Waals surface area contributed by atoms with Crippen molar-refractivity contribution in [3.8, 4) is 0 Å². The van der Waals surface area contributed by atoms with Gasteiger partial charge in [-0.2, -0.15) is 5.10 Å². The number of sulfone groups is 1. The highest BCUT2D eigenvalue weighted by Gasteiger charge is 2.45. The van der Waals surface area contributed by atoms with Crippen LogP contribution in [0.5, 0.6) is 0 Å². The Balaban J connectivity index is 2.52. The van der Waals surface area contributed by atoms with Gasteiger partial charge in [-0.1, -0.05) is 19.4 Å². The molecule has 0 amide bonds. The lowest BCUT2D eigenvalue weighted by atomic mass is 9.90.